The summed E-state index contributed by atoms with van der Waals surface area (Å²) in [6.45, 7) is 3.55. The van der Waals surface area contributed by atoms with Gasteiger partial charge in [-0.1, -0.05) is 6.42 Å². The average molecular weight is 268 g/mol. The van der Waals surface area contributed by atoms with Crippen LogP contribution in [-0.2, 0) is 6.42 Å². The second-order valence-corrected chi connectivity index (χ2v) is 5.60. The lowest BCUT2D eigenvalue weighted by molar-refractivity contribution is 0.232. The molecule has 2 N–H and O–H groups in total. The molecular formula is C12H20N4OS. The quantitative estimate of drug-likeness (QED) is 0.877. The number of anilines is 1. The zero-order valence-corrected chi connectivity index (χ0v) is 11.6. The van der Waals surface area contributed by atoms with Crippen molar-refractivity contribution in [3.63, 3.8) is 0 Å². The van der Waals surface area contributed by atoms with Crippen molar-refractivity contribution in [2.24, 2.45) is 0 Å². The number of hydrogen-bond acceptors (Lipinski definition) is 4. The SMILES string of the molecule is CNC(=O)Nc1ncc(CCN2CCCCC2)s1. The van der Waals surface area contributed by atoms with Gasteiger partial charge >= 0.3 is 6.03 Å². The van der Waals surface area contributed by atoms with Crippen LogP contribution >= 0.6 is 11.3 Å². The third-order valence-corrected chi connectivity index (χ3v) is 4.10. The van der Waals surface area contributed by atoms with Crippen molar-refractivity contribution in [1.29, 1.82) is 0 Å². The maximum atomic E-state index is 11.1. The molecule has 1 aromatic rings. The first-order chi connectivity index (χ1) is 8.78. The van der Waals surface area contributed by atoms with E-state index in [1.54, 1.807) is 18.4 Å². The molecule has 0 bridgehead atoms. The first-order valence-electron chi connectivity index (χ1n) is 6.44. The summed E-state index contributed by atoms with van der Waals surface area (Å²) in [4.78, 5) is 19.1. The van der Waals surface area contributed by atoms with Crippen LogP contribution in [0.3, 0.4) is 0 Å². The minimum Gasteiger partial charge on any atom is -0.341 e. The molecule has 2 rings (SSSR count). The number of nitrogens with zero attached hydrogens (tertiary/aromatic N) is 2. The number of carbonyl (C=O) groups excluding carboxylic acids is 1. The van der Waals surface area contributed by atoms with Gasteiger partial charge in [0.15, 0.2) is 5.13 Å². The molecular weight excluding hydrogens is 248 g/mol. The topological polar surface area (TPSA) is 57.3 Å². The first kappa shape index (κ1) is 13.3. The number of urea groups is 1. The van der Waals surface area contributed by atoms with Gasteiger partial charge in [0, 0.05) is 24.7 Å². The zero-order chi connectivity index (χ0) is 12.8. The third-order valence-electron chi connectivity index (χ3n) is 3.12. The number of amides is 2. The second-order valence-electron chi connectivity index (χ2n) is 4.49. The molecule has 0 radical (unpaired) electrons. The molecule has 1 aliphatic heterocycles. The Morgan fingerprint density at radius 3 is 2.94 bits per heavy atom. The predicted molar refractivity (Wildman–Crippen MR) is 74.2 cm³/mol. The molecule has 1 fully saturated rings. The summed E-state index contributed by atoms with van der Waals surface area (Å²) in [5, 5.41) is 5.88. The van der Waals surface area contributed by atoms with Crippen molar-refractivity contribution in [2.75, 3.05) is 32.0 Å². The zero-order valence-electron chi connectivity index (χ0n) is 10.7. The summed E-state index contributed by atoms with van der Waals surface area (Å²) >= 11 is 1.56. The van der Waals surface area contributed by atoms with E-state index in [0.717, 1.165) is 13.0 Å². The number of carbonyl (C=O) groups is 1. The van der Waals surface area contributed by atoms with E-state index in [1.807, 2.05) is 6.20 Å². The van der Waals surface area contributed by atoms with Crippen LogP contribution in [0.5, 0.6) is 0 Å². The van der Waals surface area contributed by atoms with Crippen LogP contribution in [0.15, 0.2) is 6.20 Å². The van der Waals surface area contributed by atoms with E-state index < -0.39 is 0 Å². The van der Waals surface area contributed by atoms with Gasteiger partial charge in [-0.2, -0.15) is 0 Å². The molecule has 2 amide bonds. The van der Waals surface area contributed by atoms with Crippen molar-refractivity contribution in [1.82, 2.24) is 15.2 Å². The van der Waals surface area contributed by atoms with E-state index in [9.17, 15) is 4.79 Å². The maximum Gasteiger partial charge on any atom is 0.320 e. The first-order valence-corrected chi connectivity index (χ1v) is 7.25. The standard InChI is InChI=1S/C12H20N4OS/c1-13-11(17)15-12-14-9-10(18-12)5-8-16-6-3-2-4-7-16/h9H,2-8H2,1H3,(H2,13,14,15,17). The Labute approximate surface area is 112 Å². The second kappa shape index (κ2) is 6.70. The van der Waals surface area contributed by atoms with E-state index in [0.29, 0.717) is 5.13 Å². The minimum absolute atomic E-state index is 0.216. The highest BCUT2D eigenvalue weighted by molar-refractivity contribution is 7.15. The Kier molecular flexibility index (Phi) is 4.95. The molecule has 18 heavy (non-hydrogen) atoms. The van der Waals surface area contributed by atoms with Crippen LogP contribution in [0, 0.1) is 0 Å². The van der Waals surface area contributed by atoms with Crippen molar-refractivity contribution < 1.29 is 4.79 Å². The van der Waals surface area contributed by atoms with Crippen LogP contribution in [0.25, 0.3) is 0 Å². The van der Waals surface area contributed by atoms with Crippen molar-refractivity contribution in [2.45, 2.75) is 25.7 Å². The molecule has 1 saturated heterocycles. The maximum absolute atomic E-state index is 11.1. The lowest BCUT2D eigenvalue weighted by atomic mass is 10.1. The van der Waals surface area contributed by atoms with Crippen molar-refractivity contribution in [3.8, 4) is 0 Å². The molecule has 0 spiro atoms. The summed E-state index contributed by atoms with van der Waals surface area (Å²) in [7, 11) is 1.60. The molecule has 0 aromatic carbocycles. The number of hydrogen-bond donors (Lipinski definition) is 2. The van der Waals surface area contributed by atoms with Crippen molar-refractivity contribution >= 4 is 22.5 Å². The predicted octanol–water partition coefficient (Wildman–Crippen LogP) is 1.92. The average Bonchev–Trinajstić information content (AvgIpc) is 2.85. The number of rotatable bonds is 4. The van der Waals surface area contributed by atoms with Gasteiger partial charge in [-0.25, -0.2) is 9.78 Å². The Morgan fingerprint density at radius 1 is 1.44 bits per heavy atom. The fourth-order valence-electron chi connectivity index (χ4n) is 2.09. The molecule has 0 unspecified atom stereocenters. The van der Waals surface area contributed by atoms with Gasteiger partial charge in [0.2, 0.25) is 0 Å². The smallest absolute Gasteiger partial charge is 0.320 e. The molecule has 5 nitrogen and oxygen atoms in total. The van der Waals surface area contributed by atoms with Crippen LogP contribution in [0.1, 0.15) is 24.1 Å². The summed E-state index contributed by atoms with van der Waals surface area (Å²) in [5.41, 5.74) is 0. The Morgan fingerprint density at radius 2 is 2.22 bits per heavy atom. The van der Waals surface area contributed by atoms with Crippen LogP contribution in [0.4, 0.5) is 9.93 Å². The van der Waals surface area contributed by atoms with Gasteiger partial charge in [-0.3, -0.25) is 5.32 Å². The summed E-state index contributed by atoms with van der Waals surface area (Å²) < 4.78 is 0. The van der Waals surface area contributed by atoms with Gasteiger partial charge in [0.1, 0.15) is 0 Å². The number of nitrogens with one attached hydrogen (secondary N) is 2. The largest absolute Gasteiger partial charge is 0.341 e. The van der Waals surface area contributed by atoms with Crippen molar-refractivity contribution in [3.05, 3.63) is 11.1 Å². The van der Waals surface area contributed by atoms with E-state index in [2.05, 4.69) is 20.5 Å². The highest BCUT2D eigenvalue weighted by atomic mass is 32.1. The number of likely N-dealkylation sites (tertiary alicyclic amines) is 1. The van der Waals surface area contributed by atoms with Gasteiger partial charge in [-0.05, 0) is 32.4 Å². The van der Waals surface area contributed by atoms with E-state index in [-0.39, 0.29) is 6.03 Å². The fourth-order valence-corrected chi connectivity index (χ4v) is 2.89. The monoisotopic (exact) mass is 268 g/mol. The van der Waals surface area contributed by atoms with Gasteiger partial charge in [-0.15, -0.1) is 11.3 Å². The van der Waals surface area contributed by atoms with Gasteiger partial charge in [0.25, 0.3) is 0 Å². The molecule has 1 aliphatic rings. The van der Waals surface area contributed by atoms with Crippen LogP contribution in [-0.4, -0.2) is 42.6 Å². The van der Waals surface area contributed by atoms with Gasteiger partial charge < -0.3 is 10.2 Å². The number of piperidine rings is 1. The number of aromatic nitrogens is 1. The molecule has 0 atom stereocenters. The third kappa shape index (κ3) is 3.96. The molecule has 100 valence electrons. The number of thiazole rings is 1. The van der Waals surface area contributed by atoms with Crippen LogP contribution < -0.4 is 10.6 Å². The fraction of sp³-hybridized carbons (Fsp3) is 0.667. The Hall–Kier alpha value is -1.14. The highest BCUT2D eigenvalue weighted by Gasteiger charge is 2.11. The van der Waals surface area contributed by atoms with Gasteiger partial charge in [0.05, 0.1) is 0 Å². The Bertz CT molecular complexity index is 387. The van der Waals surface area contributed by atoms with E-state index >= 15 is 0 Å². The lowest BCUT2D eigenvalue weighted by Crippen LogP contribution is -2.31. The van der Waals surface area contributed by atoms with E-state index in [4.69, 9.17) is 0 Å². The molecule has 0 saturated carbocycles. The molecule has 6 heteroatoms. The highest BCUT2D eigenvalue weighted by Crippen LogP contribution is 2.19. The molecule has 0 aliphatic carbocycles. The molecule has 2 heterocycles. The minimum atomic E-state index is -0.216. The Balaban J connectivity index is 1.77. The summed E-state index contributed by atoms with van der Waals surface area (Å²) in [5.74, 6) is 0. The van der Waals surface area contributed by atoms with E-state index in [1.165, 1.54) is 37.2 Å². The summed E-state index contributed by atoms with van der Waals surface area (Å²) in [6, 6.07) is -0.216. The lowest BCUT2D eigenvalue weighted by Gasteiger charge is -2.25. The van der Waals surface area contributed by atoms with Crippen LogP contribution in [0.2, 0.25) is 0 Å². The summed E-state index contributed by atoms with van der Waals surface area (Å²) in [6.07, 6.45) is 6.91. The molecule has 1 aromatic heterocycles. The normalized spacial score (nSPS) is 16.5.